The summed E-state index contributed by atoms with van der Waals surface area (Å²) >= 11 is 1.61. The molecule has 0 atom stereocenters. The van der Waals surface area contributed by atoms with Gasteiger partial charge in [-0.15, -0.1) is 10.2 Å². The van der Waals surface area contributed by atoms with Gasteiger partial charge in [0, 0.05) is 5.92 Å². The summed E-state index contributed by atoms with van der Waals surface area (Å²) in [5.74, 6) is 1.60. The Kier molecular flexibility index (Phi) is 2.26. The summed E-state index contributed by atoms with van der Waals surface area (Å²) in [6, 6.07) is 0. The first-order valence-corrected chi connectivity index (χ1v) is 7.59. The Bertz CT molecular complexity index is 576. The van der Waals surface area contributed by atoms with Gasteiger partial charge in [0.25, 0.3) is 0 Å². The number of nitrogens with zero attached hydrogens (tertiary/aromatic N) is 4. The van der Waals surface area contributed by atoms with E-state index in [9.17, 15) is 0 Å². The van der Waals surface area contributed by atoms with Crippen LogP contribution in [0.2, 0.25) is 0 Å². The van der Waals surface area contributed by atoms with Crippen molar-refractivity contribution >= 4 is 16.3 Å². The number of aromatic nitrogens is 4. The minimum atomic E-state index is -0.182. The van der Waals surface area contributed by atoms with Gasteiger partial charge in [0.1, 0.15) is 5.01 Å². The fourth-order valence-electron chi connectivity index (χ4n) is 3.04. The topological polar surface area (TPSA) is 69.1 Å². The Morgan fingerprint density at radius 1 is 1.17 bits per heavy atom. The van der Waals surface area contributed by atoms with E-state index >= 15 is 0 Å². The minimum Gasteiger partial charge on any atom is -0.319 e. The quantitative estimate of drug-likeness (QED) is 0.901. The van der Waals surface area contributed by atoms with Crippen molar-refractivity contribution in [1.29, 1.82) is 0 Å². The smallest absolute Gasteiger partial charge is 0.234 e. The second-order valence-electron chi connectivity index (χ2n) is 5.65. The summed E-state index contributed by atoms with van der Waals surface area (Å²) in [6.07, 6.45) is 8.37. The average Bonchev–Trinajstić information content (AvgIpc) is 3.00. The van der Waals surface area contributed by atoms with Crippen molar-refractivity contribution in [1.82, 2.24) is 19.8 Å². The second-order valence-corrected chi connectivity index (χ2v) is 6.61. The van der Waals surface area contributed by atoms with Crippen LogP contribution in [0.15, 0.2) is 0 Å². The molecule has 0 bridgehead atoms. The third-order valence-electron chi connectivity index (χ3n) is 4.41. The van der Waals surface area contributed by atoms with Gasteiger partial charge in [0.15, 0.2) is 5.82 Å². The highest BCUT2D eigenvalue weighted by Crippen LogP contribution is 2.41. The predicted octanol–water partition coefficient (Wildman–Crippen LogP) is 2.18. The standard InChI is InChI=1S/C12H17N5S/c13-12(6-3-7-12)10-16-17-9(8-4-1-2-5-8)14-15-11(17)18-10/h8H,1-7,13H2. The van der Waals surface area contributed by atoms with E-state index in [0.717, 1.165) is 28.6 Å². The molecular formula is C12H17N5S. The maximum atomic E-state index is 6.34. The first-order chi connectivity index (χ1) is 8.76. The van der Waals surface area contributed by atoms with Crippen LogP contribution in [-0.2, 0) is 5.54 Å². The summed E-state index contributed by atoms with van der Waals surface area (Å²) in [4.78, 5) is 0.906. The summed E-state index contributed by atoms with van der Waals surface area (Å²) in [6.45, 7) is 0. The van der Waals surface area contributed by atoms with Crippen LogP contribution < -0.4 is 5.73 Å². The molecule has 0 saturated heterocycles. The first kappa shape index (κ1) is 10.9. The molecule has 0 amide bonds. The molecule has 2 aromatic rings. The molecule has 2 aromatic heterocycles. The molecule has 0 unspecified atom stereocenters. The van der Waals surface area contributed by atoms with Crippen molar-refractivity contribution in [2.24, 2.45) is 5.73 Å². The van der Waals surface area contributed by atoms with Crippen molar-refractivity contribution in [3.8, 4) is 0 Å². The molecule has 0 aliphatic heterocycles. The van der Waals surface area contributed by atoms with Gasteiger partial charge in [0.2, 0.25) is 4.96 Å². The van der Waals surface area contributed by atoms with Gasteiger partial charge in [-0.25, -0.2) is 0 Å². The van der Waals surface area contributed by atoms with E-state index in [0.29, 0.717) is 5.92 Å². The maximum absolute atomic E-state index is 6.34. The Labute approximate surface area is 109 Å². The molecule has 2 saturated carbocycles. The van der Waals surface area contributed by atoms with E-state index in [1.165, 1.54) is 32.1 Å². The lowest BCUT2D eigenvalue weighted by molar-refractivity contribution is 0.250. The van der Waals surface area contributed by atoms with Gasteiger partial charge in [0.05, 0.1) is 5.54 Å². The third-order valence-corrected chi connectivity index (χ3v) is 5.53. The Hall–Kier alpha value is -1.01. The summed E-state index contributed by atoms with van der Waals surface area (Å²) in [7, 11) is 0. The zero-order valence-electron chi connectivity index (χ0n) is 10.3. The van der Waals surface area contributed by atoms with Gasteiger partial charge in [-0.2, -0.15) is 9.61 Å². The van der Waals surface area contributed by atoms with Crippen LogP contribution in [0.5, 0.6) is 0 Å². The molecule has 2 fully saturated rings. The number of nitrogens with two attached hydrogens (primary N) is 1. The van der Waals surface area contributed by atoms with Gasteiger partial charge < -0.3 is 5.73 Å². The molecule has 6 heteroatoms. The minimum absolute atomic E-state index is 0.182. The maximum Gasteiger partial charge on any atom is 0.234 e. The van der Waals surface area contributed by atoms with Crippen molar-refractivity contribution in [2.45, 2.75) is 56.4 Å². The molecule has 96 valence electrons. The van der Waals surface area contributed by atoms with E-state index in [2.05, 4.69) is 10.2 Å². The largest absolute Gasteiger partial charge is 0.319 e. The lowest BCUT2D eigenvalue weighted by Crippen LogP contribution is -2.43. The van der Waals surface area contributed by atoms with E-state index < -0.39 is 0 Å². The molecule has 2 aliphatic rings. The van der Waals surface area contributed by atoms with E-state index in [4.69, 9.17) is 10.8 Å². The van der Waals surface area contributed by atoms with Crippen LogP contribution in [-0.4, -0.2) is 19.8 Å². The lowest BCUT2D eigenvalue weighted by Gasteiger charge is -2.35. The van der Waals surface area contributed by atoms with Crippen LogP contribution >= 0.6 is 11.3 Å². The van der Waals surface area contributed by atoms with Crippen molar-refractivity contribution in [3.05, 3.63) is 10.8 Å². The Morgan fingerprint density at radius 3 is 2.61 bits per heavy atom. The molecule has 2 aliphatic carbocycles. The SMILES string of the molecule is NC1(c2nn3c(C4CCCC4)nnc3s2)CCC1. The molecule has 0 spiro atoms. The molecule has 5 nitrogen and oxygen atoms in total. The number of hydrogen-bond acceptors (Lipinski definition) is 5. The predicted molar refractivity (Wildman–Crippen MR) is 69.6 cm³/mol. The Morgan fingerprint density at radius 2 is 1.94 bits per heavy atom. The monoisotopic (exact) mass is 263 g/mol. The average molecular weight is 263 g/mol. The van der Waals surface area contributed by atoms with Gasteiger partial charge >= 0.3 is 0 Å². The number of hydrogen-bond donors (Lipinski definition) is 1. The van der Waals surface area contributed by atoms with Crippen molar-refractivity contribution in [2.75, 3.05) is 0 Å². The fraction of sp³-hybridized carbons (Fsp3) is 0.750. The third kappa shape index (κ3) is 1.45. The van der Waals surface area contributed by atoms with Crippen LogP contribution in [0.1, 0.15) is 61.7 Å². The van der Waals surface area contributed by atoms with Crippen LogP contribution in [0.25, 0.3) is 4.96 Å². The van der Waals surface area contributed by atoms with E-state index in [1.807, 2.05) is 4.52 Å². The highest BCUT2D eigenvalue weighted by Gasteiger charge is 2.38. The molecule has 18 heavy (non-hydrogen) atoms. The highest BCUT2D eigenvalue weighted by molar-refractivity contribution is 7.16. The molecule has 2 N–H and O–H groups in total. The number of rotatable bonds is 2. The Balaban J connectivity index is 1.76. The zero-order valence-corrected chi connectivity index (χ0v) is 11.1. The van der Waals surface area contributed by atoms with Crippen LogP contribution in [0.4, 0.5) is 0 Å². The summed E-state index contributed by atoms with van der Waals surface area (Å²) in [5, 5.41) is 14.3. The van der Waals surface area contributed by atoms with Crippen molar-refractivity contribution < 1.29 is 0 Å². The van der Waals surface area contributed by atoms with Gasteiger partial charge in [-0.3, -0.25) is 0 Å². The van der Waals surface area contributed by atoms with Crippen LogP contribution in [0.3, 0.4) is 0 Å². The zero-order chi connectivity index (χ0) is 12.2. The molecule has 0 aromatic carbocycles. The summed E-state index contributed by atoms with van der Waals surface area (Å²) < 4.78 is 1.95. The van der Waals surface area contributed by atoms with Crippen molar-refractivity contribution in [3.63, 3.8) is 0 Å². The van der Waals surface area contributed by atoms with Gasteiger partial charge in [-0.1, -0.05) is 24.2 Å². The molecule has 4 rings (SSSR count). The van der Waals surface area contributed by atoms with Crippen LogP contribution in [0, 0.1) is 0 Å². The van der Waals surface area contributed by atoms with E-state index in [-0.39, 0.29) is 5.54 Å². The van der Waals surface area contributed by atoms with E-state index in [1.54, 1.807) is 11.3 Å². The molecule has 0 radical (unpaired) electrons. The fourth-order valence-corrected chi connectivity index (χ4v) is 4.05. The molecule has 2 heterocycles. The first-order valence-electron chi connectivity index (χ1n) is 6.78. The molecular weight excluding hydrogens is 246 g/mol. The number of fused-ring (bicyclic) bond motifs is 1. The normalized spacial score (nSPS) is 23.6. The van der Waals surface area contributed by atoms with Gasteiger partial charge in [-0.05, 0) is 32.1 Å². The second kappa shape index (κ2) is 3.74. The summed E-state index contributed by atoms with van der Waals surface area (Å²) in [5.41, 5.74) is 6.15. The highest BCUT2D eigenvalue weighted by atomic mass is 32.1. The lowest BCUT2D eigenvalue weighted by atomic mass is 9.78.